The van der Waals surface area contributed by atoms with E-state index in [-0.39, 0.29) is 40.3 Å². The molecule has 1 heterocycles. The molecule has 1 unspecified atom stereocenters. The number of halogens is 1. The van der Waals surface area contributed by atoms with E-state index in [9.17, 15) is 14.9 Å². The number of nitrogens with zero attached hydrogens (tertiary/aromatic N) is 3. The first-order valence-corrected chi connectivity index (χ1v) is 14.0. The van der Waals surface area contributed by atoms with E-state index >= 15 is 4.39 Å². The molecule has 1 amide bonds. The zero-order valence-corrected chi connectivity index (χ0v) is 24.8. The van der Waals surface area contributed by atoms with Gasteiger partial charge in [0.1, 0.15) is 23.5 Å². The largest absolute Gasteiger partial charge is 0.495 e. The third-order valence-electron chi connectivity index (χ3n) is 7.76. The molecule has 42 heavy (non-hydrogen) atoms. The summed E-state index contributed by atoms with van der Waals surface area (Å²) in [4.78, 5) is 29.4. The molecule has 0 radical (unpaired) electrons. The SMILES string of the molecule is C=C(C)C(Nc1cc(F)c(C(=O)NC2CCN(C)CC2)cc1OC)N(C)C(Oc1cccc2c1C(=O)CC2)=C(C)C#N. The molecule has 10 heteroatoms. The van der Waals surface area contributed by atoms with Crippen molar-refractivity contribution in [1.29, 1.82) is 5.26 Å². The van der Waals surface area contributed by atoms with E-state index in [2.05, 4.69) is 28.2 Å². The number of nitriles is 1. The Hall–Kier alpha value is -4.36. The van der Waals surface area contributed by atoms with Gasteiger partial charge in [0.2, 0.25) is 5.88 Å². The Labute approximate surface area is 246 Å². The number of likely N-dealkylation sites (N-methyl/N-ethyl adjacent to an activating group) is 1. The van der Waals surface area contributed by atoms with E-state index in [1.165, 1.54) is 19.2 Å². The second-order valence-electron chi connectivity index (χ2n) is 10.9. The van der Waals surface area contributed by atoms with Crippen LogP contribution in [0.2, 0.25) is 0 Å². The second-order valence-corrected chi connectivity index (χ2v) is 10.9. The molecule has 2 N–H and O–H groups in total. The number of likely N-dealkylation sites (tertiary alicyclic amines) is 1. The average Bonchev–Trinajstić information content (AvgIpc) is 3.36. The van der Waals surface area contributed by atoms with Crippen LogP contribution < -0.4 is 20.1 Å². The van der Waals surface area contributed by atoms with Crippen LogP contribution in [0.15, 0.2) is 53.9 Å². The van der Waals surface area contributed by atoms with Gasteiger partial charge in [-0.05, 0) is 76.5 Å². The number of methoxy groups -OCH3 is 1. The molecular weight excluding hydrogens is 537 g/mol. The summed E-state index contributed by atoms with van der Waals surface area (Å²) in [6.07, 6.45) is 1.98. The molecule has 1 saturated heterocycles. The van der Waals surface area contributed by atoms with Crippen molar-refractivity contribution in [3.8, 4) is 17.6 Å². The molecule has 2 aromatic carbocycles. The summed E-state index contributed by atoms with van der Waals surface area (Å²) in [7, 11) is 5.18. The van der Waals surface area contributed by atoms with Crippen molar-refractivity contribution in [1.82, 2.24) is 15.1 Å². The number of piperidine rings is 1. The summed E-state index contributed by atoms with van der Waals surface area (Å²) in [5.74, 6) is -0.360. The van der Waals surface area contributed by atoms with Gasteiger partial charge < -0.3 is 29.9 Å². The molecule has 222 valence electrons. The number of benzene rings is 2. The van der Waals surface area contributed by atoms with Gasteiger partial charge in [-0.15, -0.1) is 0 Å². The second kappa shape index (κ2) is 13.1. The topological polar surface area (TPSA) is 107 Å². The molecule has 1 atom stereocenters. The third-order valence-corrected chi connectivity index (χ3v) is 7.76. The Morgan fingerprint density at radius 3 is 2.57 bits per heavy atom. The zero-order valence-electron chi connectivity index (χ0n) is 24.8. The Balaban J connectivity index is 1.60. The summed E-state index contributed by atoms with van der Waals surface area (Å²) >= 11 is 0. The number of ether oxygens (including phenoxy) is 2. The number of carbonyl (C=O) groups excluding carboxylic acids is 2. The van der Waals surface area contributed by atoms with E-state index in [4.69, 9.17) is 9.47 Å². The number of aryl methyl sites for hydroxylation is 1. The van der Waals surface area contributed by atoms with E-state index in [0.29, 0.717) is 29.7 Å². The number of rotatable bonds is 10. The number of carbonyl (C=O) groups is 2. The number of nitrogens with one attached hydrogen (secondary N) is 2. The predicted molar refractivity (Wildman–Crippen MR) is 159 cm³/mol. The quantitative estimate of drug-likeness (QED) is 0.179. The number of allylic oxidation sites excluding steroid dienone is 1. The fourth-order valence-electron chi connectivity index (χ4n) is 5.36. The molecule has 1 aliphatic carbocycles. The van der Waals surface area contributed by atoms with Crippen molar-refractivity contribution in [2.24, 2.45) is 0 Å². The molecule has 0 spiro atoms. The number of ketones is 1. The van der Waals surface area contributed by atoms with Gasteiger partial charge in [-0.3, -0.25) is 9.59 Å². The van der Waals surface area contributed by atoms with E-state index < -0.39 is 17.9 Å². The lowest BCUT2D eigenvalue weighted by Gasteiger charge is -2.34. The highest BCUT2D eigenvalue weighted by atomic mass is 19.1. The smallest absolute Gasteiger partial charge is 0.254 e. The van der Waals surface area contributed by atoms with Crippen molar-refractivity contribution in [2.45, 2.75) is 51.7 Å². The van der Waals surface area contributed by atoms with Gasteiger partial charge in [-0.2, -0.15) is 5.26 Å². The van der Waals surface area contributed by atoms with Crippen molar-refractivity contribution < 1.29 is 23.5 Å². The van der Waals surface area contributed by atoms with Gasteiger partial charge in [0.25, 0.3) is 5.91 Å². The lowest BCUT2D eigenvalue weighted by molar-refractivity contribution is 0.0911. The number of amides is 1. The van der Waals surface area contributed by atoms with Crippen LogP contribution in [0, 0.1) is 17.1 Å². The minimum absolute atomic E-state index is 0.00745. The molecule has 0 aromatic heterocycles. The third kappa shape index (κ3) is 6.58. The van der Waals surface area contributed by atoms with Crippen LogP contribution in [-0.2, 0) is 6.42 Å². The summed E-state index contributed by atoms with van der Waals surface area (Å²) in [6.45, 7) is 9.22. The molecule has 2 aromatic rings. The molecule has 0 bridgehead atoms. The van der Waals surface area contributed by atoms with Crippen molar-refractivity contribution in [3.05, 3.63) is 76.4 Å². The molecule has 2 aliphatic rings. The molecule has 1 fully saturated rings. The first-order valence-electron chi connectivity index (χ1n) is 14.0. The first kappa shape index (κ1) is 30.6. The van der Waals surface area contributed by atoms with Crippen LogP contribution in [0.3, 0.4) is 0 Å². The van der Waals surface area contributed by atoms with Gasteiger partial charge >= 0.3 is 0 Å². The highest BCUT2D eigenvalue weighted by Crippen LogP contribution is 2.34. The Morgan fingerprint density at radius 1 is 1.21 bits per heavy atom. The summed E-state index contributed by atoms with van der Waals surface area (Å²) in [6, 6.07) is 10.1. The fraction of sp³-hybridized carbons (Fsp3) is 0.406. The van der Waals surface area contributed by atoms with Gasteiger partial charge in [-0.25, -0.2) is 4.39 Å². The Kier molecular flexibility index (Phi) is 9.53. The number of hydrogen-bond acceptors (Lipinski definition) is 8. The fourth-order valence-corrected chi connectivity index (χ4v) is 5.36. The summed E-state index contributed by atoms with van der Waals surface area (Å²) in [5.41, 5.74) is 2.51. The van der Waals surface area contributed by atoms with Crippen molar-refractivity contribution in [2.75, 3.05) is 39.6 Å². The summed E-state index contributed by atoms with van der Waals surface area (Å²) in [5, 5.41) is 16.0. The van der Waals surface area contributed by atoms with Crippen LogP contribution in [0.4, 0.5) is 10.1 Å². The summed E-state index contributed by atoms with van der Waals surface area (Å²) < 4.78 is 27.2. The van der Waals surface area contributed by atoms with Gasteiger partial charge in [0, 0.05) is 25.6 Å². The molecule has 4 rings (SSSR count). The minimum Gasteiger partial charge on any atom is -0.495 e. The lowest BCUT2D eigenvalue weighted by Crippen LogP contribution is -2.43. The lowest BCUT2D eigenvalue weighted by atomic mass is 10.0. The average molecular weight is 576 g/mol. The van der Waals surface area contributed by atoms with Crippen LogP contribution in [0.5, 0.6) is 11.5 Å². The highest BCUT2D eigenvalue weighted by molar-refractivity contribution is 6.03. The van der Waals surface area contributed by atoms with Crippen LogP contribution in [-0.4, -0.2) is 68.0 Å². The molecule has 9 nitrogen and oxygen atoms in total. The van der Waals surface area contributed by atoms with Crippen molar-refractivity contribution >= 4 is 17.4 Å². The van der Waals surface area contributed by atoms with Crippen LogP contribution in [0.1, 0.15) is 59.4 Å². The zero-order chi connectivity index (χ0) is 30.6. The highest BCUT2D eigenvalue weighted by Gasteiger charge is 2.29. The van der Waals surface area contributed by atoms with E-state index in [1.807, 2.05) is 19.2 Å². The first-order chi connectivity index (χ1) is 20.0. The maximum atomic E-state index is 15.4. The maximum Gasteiger partial charge on any atom is 0.254 e. The minimum atomic E-state index is -0.703. The van der Waals surface area contributed by atoms with Gasteiger partial charge in [-0.1, -0.05) is 18.7 Å². The van der Waals surface area contributed by atoms with Crippen LogP contribution >= 0.6 is 0 Å². The van der Waals surface area contributed by atoms with Crippen LogP contribution in [0.25, 0.3) is 0 Å². The number of hydrogen-bond donors (Lipinski definition) is 2. The maximum absolute atomic E-state index is 15.4. The monoisotopic (exact) mass is 575 g/mol. The standard InChI is InChI=1S/C32H38FN5O4/c1-19(2)30(38(5)32(20(3)18-34)42-27-9-7-8-21-10-11-26(39)29(21)27)36-25-17-24(33)23(16-28(25)41-6)31(40)35-22-12-14-37(4)15-13-22/h7-9,16-17,22,30,36H,1,10-15H2,2-6H3,(H,35,40). The van der Waals surface area contributed by atoms with E-state index in [0.717, 1.165) is 31.5 Å². The molecule has 0 saturated carbocycles. The molecular formula is C32H38FN5O4. The number of Topliss-reactive ketones (excluding diaryl/α,β-unsaturated/α-hetero) is 1. The van der Waals surface area contributed by atoms with Gasteiger partial charge in [0.05, 0.1) is 35.6 Å². The number of fused-ring (bicyclic) bond motifs is 1. The Bertz CT molecular complexity index is 1460. The predicted octanol–water partition coefficient (Wildman–Crippen LogP) is 4.87. The van der Waals surface area contributed by atoms with Gasteiger partial charge in [0.15, 0.2) is 5.78 Å². The Morgan fingerprint density at radius 2 is 1.93 bits per heavy atom. The normalized spacial score (nSPS) is 16.5. The number of anilines is 1. The van der Waals surface area contributed by atoms with Crippen molar-refractivity contribution in [3.63, 3.8) is 0 Å². The van der Waals surface area contributed by atoms with E-state index in [1.54, 1.807) is 31.9 Å². The molecule has 1 aliphatic heterocycles.